The number of benzene rings is 3. The second kappa shape index (κ2) is 8.72. The maximum absolute atomic E-state index is 14.5. The van der Waals surface area contributed by atoms with E-state index in [4.69, 9.17) is 5.26 Å². The van der Waals surface area contributed by atoms with Crippen LogP contribution in [0.15, 0.2) is 48.5 Å². The fraction of sp³-hybridized carbons (Fsp3) is 0.174. The van der Waals surface area contributed by atoms with Gasteiger partial charge in [0.2, 0.25) is 0 Å². The fourth-order valence-electron chi connectivity index (χ4n) is 3.10. The summed E-state index contributed by atoms with van der Waals surface area (Å²) in [5.74, 6) is -5.40. The van der Waals surface area contributed by atoms with Crippen molar-refractivity contribution in [2.75, 3.05) is 0 Å². The number of rotatable bonds is 6. The lowest BCUT2D eigenvalue weighted by molar-refractivity contribution is -0.189. The van der Waals surface area contributed by atoms with E-state index in [2.05, 4.69) is 4.74 Å². The molecule has 0 aliphatic carbocycles. The van der Waals surface area contributed by atoms with Gasteiger partial charge in [0, 0.05) is 0 Å². The van der Waals surface area contributed by atoms with Gasteiger partial charge < -0.3 is 4.74 Å². The summed E-state index contributed by atoms with van der Waals surface area (Å²) >= 11 is 0. The molecule has 8 heteroatoms. The maximum Gasteiger partial charge on any atom is 0.432 e. The Kier molecular flexibility index (Phi) is 6.25. The molecular formula is C23H15F6NO. The van der Waals surface area contributed by atoms with Crippen molar-refractivity contribution in [2.24, 2.45) is 0 Å². The van der Waals surface area contributed by atoms with Crippen molar-refractivity contribution in [1.82, 2.24) is 0 Å². The van der Waals surface area contributed by atoms with Crippen molar-refractivity contribution in [2.45, 2.75) is 25.9 Å². The number of nitrogens with zero attached hydrogens (tertiary/aromatic N) is 1. The number of alkyl halides is 2. The molecule has 0 spiro atoms. The highest BCUT2D eigenvalue weighted by Crippen LogP contribution is 2.36. The van der Waals surface area contributed by atoms with Crippen LogP contribution in [0.5, 0.6) is 5.75 Å². The molecule has 0 bridgehead atoms. The van der Waals surface area contributed by atoms with Gasteiger partial charge in [-0.3, -0.25) is 0 Å². The Morgan fingerprint density at radius 2 is 1.39 bits per heavy atom. The lowest BCUT2D eigenvalue weighted by atomic mass is 10.0. The van der Waals surface area contributed by atoms with Crippen LogP contribution in [0.2, 0.25) is 0 Å². The summed E-state index contributed by atoms with van der Waals surface area (Å²) in [5.41, 5.74) is -1.68. The van der Waals surface area contributed by atoms with Crippen molar-refractivity contribution < 1.29 is 31.1 Å². The van der Waals surface area contributed by atoms with E-state index in [0.29, 0.717) is 12.8 Å². The van der Waals surface area contributed by atoms with Gasteiger partial charge in [0.05, 0.1) is 0 Å². The van der Waals surface area contributed by atoms with Gasteiger partial charge in [-0.15, -0.1) is 0 Å². The molecule has 3 rings (SSSR count). The van der Waals surface area contributed by atoms with Crippen LogP contribution in [0, 0.1) is 34.6 Å². The molecular weight excluding hydrogens is 420 g/mol. The smallest absolute Gasteiger partial charge is 0.429 e. The normalized spacial score (nSPS) is 11.3. The average molecular weight is 435 g/mol. The summed E-state index contributed by atoms with van der Waals surface area (Å²) in [6, 6.07) is 9.55. The minimum atomic E-state index is -4.30. The molecule has 0 atom stereocenters. The third-order valence-electron chi connectivity index (χ3n) is 4.52. The van der Waals surface area contributed by atoms with Gasteiger partial charge in [0.15, 0.2) is 0 Å². The minimum absolute atomic E-state index is 0.0657. The predicted octanol–water partition coefficient (Wildman–Crippen LogP) is 6.86. The molecule has 0 unspecified atom stereocenters. The Hall–Kier alpha value is -3.47. The van der Waals surface area contributed by atoms with E-state index in [1.54, 1.807) is 6.92 Å². The first-order valence-electron chi connectivity index (χ1n) is 9.21. The van der Waals surface area contributed by atoms with E-state index in [1.165, 1.54) is 18.2 Å². The minimum Gasteiger partial charge on any atom is -0.429 e. The van der Waals surface area contributed by atoms with Gasteiger partial charge in [-0.25, -0.2) is 17.6 Å². The summed E-state index contributed by atoms with van der Waals surface area (Å²) in [6.07, 6.45) is -3.38. The molecule has 3 aromatic carbocycles. The Morgan fingerprint density at radius 3 is 1.87 bits per heavy atom. The highest BCUT2D eigenvalue weighted by atomic mass is 19.3. The van der Waals surface area contributed by atoms with E-state index in [1.807, 2.05) is 0 Å². The van der Waals surface area contributed by atoms with Crippen LogP contribution < -0.4 is 4.74 Å². The van der Waals surface area contributed by atoms with Gasteiger partial charge >= 0.3 is 6.11 Å². The topological polar surface area (TPSA) is 33.0 Å². The molecule has 0 amide bonds. The van der Waals surface area contributed by atoms with Crippen LogP contribution in [0.3, 0.4) is 0 Å². The van der Waals surface area contributed by atoms with Crippen molar-refractivity contribution in [3.05, 3.63) is 88.5 Å². The quantitative estimate of drug-likeness (QED) is 0.396. The van der Waals surface area contributed by atoms with E-state index < -0.39 is 46.3 Å². The number of ether oxygens (including phenoxy) is 1. The number of hydrogen-bond donors (Lipinski definition) is 0. The molecule has 0 fully saturated rings. The first-order valence-corrected chi connectivity index (χ1v) is 9.21. The molecule has 0 radical (unpaired) electrons. The first-order chi connectivity index (χ1) is 14.7. The van der Waals surface area contributed by atoms with E-state index in [-0.39, 0.29) is 16.7 Å². The third kappa shape index (κ3) is 4.66. The van der Waals surface area contributed by atoms with Crippen LogP contribution in [0.1, 0.15) is 30.0 Å². The zero-order chi connectivity index (χ0) is 22.8. The summed E-state index contributed by atoms with van der Waals surface area (Å²) in [5, 5.41) is 8.71. The fourth-order valence-corrected chi connectivity index (χ4v) is 3.10. The van der Waals surface area contributed by atoms with Crippen molar-refractivity contribution in [1.29, 1.82) is 5.26 Å². The van der Waals surface area contributed by atoms with Gasteiger partial charge in [-0.05, 0) is 59.5 Å². The van der Waals surface area contributed by atoms with Gasteiger partial charge in [-0.1, -0.05) is 25.5 Å². The average Bonchev–Trinajstić information content (AvgIpc) is 2.67. The summed E-state index contributed by atoms with van der Waals surface area (Å²) in [7, 11) is 0. The van der Waals surface area contributed by atoms with Crippen LogP contribution in [-0.4, -0.2) is 0 Å². The van der Waals surface area contributed by atoms with Crippen LogP contribution in [0.25, 0.3) is 11.1 Å². The summed E-state index contributed by atoms with van der Waals surface area (Å²) in [4.78, 5) is 0. The second-order valence-electron chi connectivity index (χ2n) is 6.75. The molecule has 2 nitrogen and oxygen atoms in total. The molecule has 0 aromatic heterocycles. The monoisotopic (exact) mass is 435 g/mol. The Morgan fingerprint density at radius 1 is 0.839 bits per heavy atom. The number of aryl methyl sites for hydroxylation is 1. The van der Waals surface area contributed by atoms with Gasteiger partial charge in [0.1, 0.15) is 46.2 Å². The van der Waals surface area contributed by atoms with E-state index >= 15 is 0 Å². The van der Waals surface area contributed by atoms with Crippen LogP contribution >= 0.6 is 0 Å². The zero-order valence-electron chi connectivity index (χ0n) is 16.2. The molecule has 0 N–H and O–H groups in total. The molecule has 0 aliphatic rings. The molecule has 160 valence electrons. The largest absolute Gasteiger partial charge is 0.432 e. The van der Waals surface area contributed by atoms with Gasteiger partial charge in [0.25, 0.3) is 0 Å². The summed E-state index contributed by atoms with van der Waals surface area (Å²) in [6.45, 7) is 1.78. The molecule has 0 heterocycles. The van der Waals surface area contributed by atoms with Crippen molar-refractivity contribution in [3.8, 4) is 22.9 Å². The highest BCUT2D eigenvalue weighted by Gasteiger charge is 2.41. The van der Waals surface area contributed by atoms with E-state index in [9.17, 15) is 26.3 Å². The van der Waals surface area contributed by atoms with Crippen LogP contribution in [0.4, 0.5) is 26.3 Å². The SMILES string of the molecule is CCCc1cc(F)c(C(F)(F)Oc2ccc(-c3cc(F)c(C#N)c(F)c3)cc2)c(F)c1. The first kappa shape index (κ1) is 22.2. The standard InChI is InChI=1S/C23H15F6NO/c1-2-3-13-8-20(26)22(21(27)9-13)23(28,29)31-16-6-4-14(5-7-16)15-10-18(24)17(12-30)19(25)11-15/h4-11H,2-3H2,1H3. The van der Waals surface area contributed by atoms with Crippen molar-refractivity contribution in [3.63, 3.8) is 0 Å². The summed E-state index contributed by atoms with van der Waals surface area (Å²) < 4.78 is 89.3. The highest BCUT2D eigenvalue weighted by molar-refractivity contribution is 5.65. The lowest BCUT2D eigenvalue weighted by Gasteiger charge is -2.20. The molecule has 0 saturated heterocycles. The Bertz CT molecular complexity index is 1110. The maximum atomic E-state index is 14.5. The molecule has 0 aliphatic heterocycles. The predicted molar refractivity (Wildman–Crippen MR) is 101 cm³/mol. The van der Waals surface area contributed by atoms with Gasteiger partial charge in [-0.2, -0.15) is 14.0 Å². The molecule has 3 aromatic rings. The van der Waals surface area contributed by atoms with Crippen LogP contribution in [-0.2, 0) is 12.5 Å². The zero-order valence-corrected chi connectivity index (χ0v) is 16.2. The third-order valence-corrected chi connectivity index (χ3v) is 4.52. The van der Waals surface area contributed by atoms with E-state index in [0.717, 1.165) is 36.4 Å². The second-order valence-corrected chi connectivity index (χ2v) is 6.75. The Labute approximate surface area is 174 Å². The molecule has 31 heavy (non-hydrogen) atoms. The lowest BCUT2D eigenvalue weighted by Crippen LogP contribution is -2.25. The number of hydrogen-bond acceptors (Lipinski definition) is 2. The Balaban J connectivity index is 1.87. The number of nitriles is 1. The van der Waals surface area contributed by atoms with Crippen molar-refractivity contribution >= 4 is 0 Å². The number of halogens is 6. The molecule has 0 saturated carbocycles.